The zero-order valence-corrected chi connectivity index (χ0v) is 11.6. The van der Waals surface area contributed by atoms with Gasteiger partial charge < -0.3 is 14.2 Å². The second-order valence-electron chi connectivity index (χ2n) is 3.31. The molecule has 0 aliphatic rings. The van der Waals surface area contributed by atoms with E-state index in [1.54, 1.807) is 18.2 Å². The average molecular weight is 302 g/mol. The van der Waals surface area contributed by atoms with E-state index in [4.69, 9.17) is 37.4 Å². The fourth-order valence-electron chi connectivity index (χ4n) is 1.30. The van der Waals surface area contributed by atoms with Crippen molar-refractivity contribution in [2.45, 2.75) is 0 Å². The van der Waals surface area contributed by atoms with Gasteiger partial charge in [0.05, 0.1) is 14.2 Å². The Morgan fingerprint density at radius 1 is 0.789 bits per heavy atom. The van der Waals surface area contributed by atoms with Gasteiger partial charge in [-0.25, -0.2) is 0 Å². The van der Waals surface area contributed by atoms with Crippen LogP contribution in [-0.2, 0) is 0 Å². The minimum Gasteiger partial charge on any atom is -0.496 e. The van der Waals surface area contributed by atoms with Crippen LogP contribution in [0, 0.1) is 0 Å². The smallest absolute Gasteiger partial charge is 0.327 e. The second kappa shape index (κ2) is 5.90. The van der Waals surface area contributed by atoms with Crippen LogP contribution in [0.4, 0.5) is 0 Å². The number of hydrogen-bond donors (Lipinski definition) is 0. The highest BCUT2D eigenvalue weighted by molar-refractivity contribution is 6.31. The van der Waals surface area contributed by atoms with Crippen LogP contribution in [0.1, 0.15) is 0 Å². The Labute approximate surface area is 119 Å². The third kappa shape index (κ3) is 3.59. The number of rotatable bonds is 4. The van der Waals surface area contributed by atoms with Gasteiger partial charge in [-0.3, -0.25) is 0 Å². The Kier molecular flexibility index (Phi) is 4.24. The lowest BCUT2D eigenvalue weighted by Gasteiger charge is -2.08. The van der Waals surface area contributed by atoms with Crippen molar-refractivity contribution in [1.29, 1.82) is 0 Å². The molecule has 0 amide bonds. The molecule has 100 valence electrons. The first-order valence-electron chi connectivity index (χ1n) is 5.08. The van der Waals surface area contributed by atoms with Crippen LogP contribution in [-0.4, -0.2) is 29.2 Å². The molecule has 2 rings (SSSR count). The normalized spacial score (nSPS) is 10.1. The molecule has 8 heteroatoms. The van der Waals surface area contributed by atoms with Gasteiger partial charge in [0.25, 0.3) is 0 Å². The molecule has 0 spiro atoms. The summed E-state index contributed by atoms with van der Waals surface area (Å²) >= 11 is 11.3. The van der Waals surface area contributed by atoms with Gasteiger partial charge in [0.1, 0.15) is 17.2 Å². The van der Waals surface area contributed by atoms with Gasteiger partial charge >= 0.3 is 6.01 Å². The number of ether oxygens (including phenoxy) is 3. The lowest BCUT2D eigenvalue weighted by molar-refractivity contribution is 0.382. The summed E-state index contributed by atoms with van der Waals surface area (Å²) in [4.78, 5) is 11.2. The van der Waals surface area contributed by atoms with E-state index < -0.39 is 0 Å². The highest BCUT2D eigenvalue weighted by atomic mass is 35.5. The van der Waals surface area contributed by atoms with E-state index in [2.05, 4.69) is 15.0 Å². The third-order valence-corrected chi connectivity index (χ3v) is 2.43. The highest BCUT2D eigenvalue weighted by Crippen LogP contribution is 2.30. The number of aromatic nitrogens is 3. The first kappa shape index (κ1) is 13.6. The maximum absolute atomic E-state index is 5.66. The van der Waals surface area contributed by atoms with Gasteiger partial charge in [0, 0.05) is 18.2 Å². The van der Waals surface area contributed by atoms with Crippen molar-refractivity contribution in [2.24, 2.45) is 0 Å². The van der Waals surface area contributed by atoms with Gasteiger partial charge in [-0.05, 0) is 23.2 Å². The number of benzene rings is 1. The van der Waals surface area contributed by atoms with Crippen LogP contribution in [0.3, 0.4) is 0 Å². The van der Waals surface area contributed by atoms with Gasteiger partial charge in [-0.15, -0.1) is 0 Å². The number of methoxy groups -OCH3 is 2. The Bertz CT molecular complexity index is 553. The third-order valence-electron chi connectivity index (χ3n) is 2.09. The van der Waals surface area contributed by atoms with Crippen LogP contribution >= 0.6 is 23.2 Å². The van der Waals surface area contributed by atoms with Crippen LogP contribution in [0.5, 0.6) is 23.3 Å². The molecule has 0 fully saturated rings. The lowest BCUT2D eigenvalue weighted by Crippen LogP contribution is -1.96. The topological polar surface area (TPSA) is 66.4 Å². The molecule has 1 aromatic heterocycles. The second-order valence-corrected chi connectivity index (χ2v) is 3.98. The van der Waals surface area contributed by atoms with Gasteiger partial charge in [-0.2, -0.15) is 15.0 Å². The molecule has 2 aromatic rings. The van der Waals surface area contributed by atoms with Crippen molar-refractivity contribution in [3.63, 3.8) is 0 Å². The summed E-state index contributed by atoms with van der Waals surface area (Å²) in [5, 5.41) is -0.102. The maximum Gasteiger partial charge on any atom is 0.327 e. The van der Waals surface area contributed by atoms with E-state index in [1.807, 2.05) is 0 Å². The molecular formula is C11H9Cl2N3O3. The molecule has 1 aromatic carbocycles. The van der Waals surface area contributed by atoms with Crippen molar-refractivity contribution in [2.75, 3.05) is 14.2 Å². The first-order chi connectivity index (χ1) is 9.10. The monoisotopic (exact) mass is 301 g/mol. The highest BCUT2D eigenvalue weighted by Gasteiger charge is 2.08. The van der Waals surface area contributed by atoms with Crippen LogP contribution in [0.15, 0.2) is 18.2 Å². The molecule has 0 aliphatic carbocycles. The van der Waals surface area contributed by atoms with Crippen molar-refractivity contribution in [3.05, 3.63) is 28.8 Å². The van der Waals surface area contributed by atoms with Crippen molar-refractivity contribution < 1.29 is 14.2 Å². The molecule has 0 atom stereocenters. The van der Waals surface area contributed by atoms with Crippen molar-refractivity contribution >= 4 is 23.2 Å². The minimum absolute atomic E-state index is 0.0136. The van der Waals surface area contributed by atoms with E-state index in [0.717, 1.165) is 0 Å². The van der Waals surface area contributed by atoms with Crippen LogP contribution < -0.4 is 14.2 Å². The van der Waals surface area contributed by atoms with Crippen LogP contribution in [0.25, 0.3) is 0 Å². The summed E-state index contributed by atoms with van der Waals surface area (Å²) in [6, 6.07) is 4.99. The summed E-state index contributed by atoms with van der Waals surface area (Å²) < 4.78 is 15.7. The molecule has 1 heterocycles. The molecule has 6 nitrogen and oxygen atoms in total. The summed E-state index contributed by atoms with van der Waals surface area (Å²) in [6.07, 6.45) is 0. The fourth-order valence-corrected chi connectivity index (χ4v) is 1.65. The molecule has 0 aliphatic heterocycles. The predicted octanol–water partition coefficient (Wildman–Crippen LogP) is 2.99. The standard InChI is InChI=1S/C11H9Cl2N3O3/c1-17-6-3-7(18-2)5-8(4-6)19-11-15-9(12)14-10(13)16-11/h3-5H,1-2H3. The first-order valence-corrected chi connectivity index (χ1v) is 5.84. The van der Waals surface area contributed by atoms with E-state index in [9.17, 15) is 0 Å². The predicted molar refractivity (Wildman–Crippen MR) is 69.5 cm³/mol. The molecule has 19 heavy (non-hydrogen) atoms. The summed E-state index contributed by atoms with van der Waals surface area (Å²) in [5.41, 5.74) is 0. The number of halogens is 2. The van der Waals surface area contributed by atoms with Crippen LogP contribution in [0.2, 0.25) is 10.6 Å². The average Bonchev–Trinajstić information content (AvgIpc) is 2.37. The summed E-state index contributed by atoms with van der Waals surface area (Å²) in [7, 11) is 3.07. The SMILES string of the molecule is COc1cc(OC)cc(Oc2nc(Cl)nc(Cl)n2)c1. The zero-order valence-electron chi connectivity index (χ0n) is 10.1. The minimum atomic E-state index is -0.0511. The fraction of sp³-hybridized carbons (Fsp3) is 0.182. The zero-order chi connectivity index (χ0) is 13.8. The van der Waals surface area contributed by atoms with E-state index >= 15 is 0 Å². The summed E-state index contributed by atoms with van der Waals surface area (Å²) in [5.74, 6) is 1.57. The van der Waals surface area contributed by atoms with Gasteiger partial charge in [0.15, 0.2) is 0 Å². The van der Waals surface area contributed by atoms with E-state index in [0.29, 0.717) is 17.2 Å². The summed E-state index contributed by atoms with van der Waals surface area (Å²) in [6.45, 7) is 0. The molecule has 0 N–H and O–H groups in total. The number of hydrogen-bond acceptors (Lipinski definition) is 6. The molecular weight excluding hydrogens is 293 g/mol. The maximum atomic E-state index is 5.66. The molecule has 0 saturated carbocycles. The van der Waals surface area contributed by atoms with E-state index in [-0.39, 0.29) is 16.6 Å². The van der Waals surface area contributed by atoms with Gasteiger partial charge in [-0.1, -0.05) is 0 Å². The quantitative estimate of drug-likeness (QED) is 0.865. The Morgan fingerprint density at radius 2 is 1.26 bits per heavy atom. The van der Waals surface area contributed by atoms with Crippen molar-refractivity contribution in [1.82, 2.24) is 15.0 Å². The number of nitrogens with zero attached hydrogens (tertiary/aromatic N) is 3. The largest absolute Gasteiger partial charge is 0.496 e. The molecule has 0 saturated heterocycles. The molecule has 0 radical (unpaired) electrons. The van der Waals surface area contributed by atoms with Gasteiger partial charge in [0.2, 0.25) is 10.6 Å². The molecule has 0 bridgehead atoms. The lowest BCUT2D eigenvalue weighted by atomic mass is 10.3. The van der Waals surface area contributed by atoms with Crippen molar-refractivity contribution in [3.8, 4) is 23.3 Å². The Balaban J connectivity index is 2.31. The Hall–Kier alpha value is -1.79. The van der Waals surface area contributed by atoms with E-state index in [1.165, 1.54) is 14.2 Å². The molecule has 0 unspecified atom stereocenters. The Morgan fingerprint density at radius 3 is 1.74 bits per heavy atom.